The Kier molecular flexibility index (Phi) is 7.51. The van der Waals surface area contributed by atoms with Gasteiger partial charge < -0.3 is 15.7 Å². The lowest BCUT2D eigenvalue weighted by Crippen LogP contribution is -2.34. The Morgan fingerprint density at radius 1 is 1.45 bits per heavy atom. The van der Waals surface area contributed by atoms with Crippen molar-refractivity contribution in [3.63, 3.8) is 0 Å². The third kappa shape index (κ3) is 5.40. The van der Waals surface area contributed by atoms with Gasteiger partial charge in [0.2, 0.25) is 5.91 Å². The molecule has 0 spiro atoms. The first-order chi connectivity index (χ1) is 9.15. The first-order valence-electron chi connectivity index (χ1n) is 6.55. The van der Waals surface area contributed by atoms with Crippen LogP contribution in [0.3, 0.4) is 0 Å². The Morgan fingerprint density at radius 3 is 2.90 bits per heavy atom. The highest BCUT2D eigenvalue weighted by Gasteiger charge is 2.24. The van der Waals surface area contributed by atoms with Crippen LogP contribution in [0, 0.1) is 5.92 Å². The third-order valence-electron chi connectivity index (χ3n) is 3.40. The van der Waals surface area contributed by atoms with Gasteiger partial charge in [-0.1, -0.05) is 28.1 Å². The van der Waals surface area contributed by atoms with Crippen LogP contribution in [0.2, 0.25) is 0 Å². The fraction of sp³-hybridized carbons (Fsp3) is 0.500. The van der Waals surface area contributed by atoms with Gasteiger partial charge in [0, 0.05) is 36.4 Å². The molecule has 3 N–H and O–H groups in total. The van der Waals surface area contributed by atoms with Gasteiger partial charge in [0.15, 0.2) is 0 Å². The molecule has 4 nitrogen and oxygen atoms in total. The number of aryl methyl sites for hydroxylation is 1. The molecule has 1 fully saturated rings. The van der Waals surface area contributed by atoms with Crippen molar-refractivity contribution in [1.29, 1.82) is 0 Å². The number of carbonyl (C=O) groups excluding carboxylic acids is 1. The Hall–Kier alpha value is -0.620. The van der Waals surface area contributed by atoms with Gasteiger partial charge in [-0.25, -0.2) is 0 Å². The van der Waals surface area contributed by atoms with E-state index < -0.39 is 0 Å². The van der Waals surface area contributed by atoms with Gasteiger partial charge in [0.05, 0.1) is 6.10 Å². The van der Waals surface area contributed by atoms with Gasteiger partial charge in [-0.2, -0.15) is 0 Å². The molecule has 1 aromatic carbocycles. The van der Waals surface area contributed by atoms with E-state index in [-0.39, 0.29) is 30.3 Å². The zero-order valence-electron chi connectivity index (χ0n) is 11.1. The average molecular weight is 364 g/mol. The zero-order chi connectivity index (χ0) is 13.7. The summed E-state index contributed by atoms with van der Waals surface area (Å²) in [6.45, 7) is 1.94. The maximum absolute atomic E-state index is 11.7. The van der Waals surface area contributed by atoms with Gasteiger partial charge in [0.25, 0.3) is 0 Å². The summed E-state index contributed by atoms with van der Waals surface area (Å²) in [4.78, 5) is 11.7. The van der Waals surface area contributed by atoms with Gasteiger partial charge >= 0.3 is 0 Å². The highest BCUT2D eigenvalue weighted by atomic mass is 79.9. The lowest BCUT2D eigenvalue weighted by Gasteiger charge is -2.14. The Morgan fingerprint density at radius 2 is 2.25 bits per heavy atom. The Balaban J connectivity index is 0.00000200. The van der Waals surface area contributed by atoms with Crippen molar-refractivity contribution in [2.75, 3.05) is 19.6 Å². The van der Waals surface area contributed by atoms with Gasteiger partial charge in [-0.05, 0) is 24.1 Å². The van der Waals surface area contributed by atoms with Gasteiger partial charge in [-0.3, -0.25) is 4.79 Å². The van der Waals surface area contributed by atoms with Crippen molar-refractivity contribution in [3.8, 4) is 0 Å². The average Bonchev–Trinajstić information content (AvgIpc) is 2.80. The summed E-state index contributed by atoms with van der Waals surface area (Å²) in [5.41, 5.74) is 1.15. The van der Waals surface area contributed by atoms with Crippen LogP contribution in [0.1, 0.15) is 12.0 Å². The van der Waals surface area contributed by atoms with Crippen molar-refractivity contribution in [2.45, 2.75) is 18.9 Å². The summed E-state index contributed by atoms with van der Waals surface area (Å²) < 4.78 is 1.03. The van der Waals surface area contributed by atoms with E-state index in [4.69, 9.17) is 0 Å². The maximum atomic E-state index is 11.7. The standard InChI is InChI=1S/C14H19BrN2O2.ClH/c15-12-3-1-2-10(6-12)4-5-14(19)17-8-11-7-16-9-13(11)18;/h1-3,6,11,13,16,18H,4-5,7-9H2,(H,17,19);1H. The van der Waals surface area contributed by atoms with E-state index in [1.807, 2.05) is 24.3 Å². The van der Waals surface area contributed by atoms with E-state index in [2.05, 4.69) is 26.6 Å². The molecule has 1 saturated heterocycles. The number of aliphatic hydroxyl groups excluding tert-OH is 1. The fourth-order valence-corrected chi connectivity index (χ4v) is 2.66. The molecule has 112 valence electrons. The van der Waals surface area contributed by atoms with E-state index in [0.717, 1.165) is 23.0 Å². The number of amides is 1. The Bertz CT molecular complexity index is 445. The lowest BCUT2D eigenvalue weighted by atomic mass is 10.1. The number of β-amino-alcohol motifs (C(OH)–C–C–N with tert-alkyl or cyclic N) is 1. The van der Waals surface area contributed by atoms with Crippen LogP contribution in [0.5, 0.6) is 0 Å². The molecule has 1 aromatic rings. The molecule has 6 heteroatoms. The third-order valence-corrected chi connectivity index (χ3v) is 3.89. The lowest BCUT2D eigenvalue weighted by molar-refractivity contribution is -0.121. The molecule has 0 aliphatic carbocycles. The van der Waals surface area contributed by atoms with Crippen LogP contribution in [0.4, 0.5) is 0 Å². The number of hydrogen-bond donors (Lipinski definition) is 3. The van der Waals surface area contributed by atoms with Gasteiger partial charge in [-0.15, -0.1) is 12.4 Å². The number of rotatable bonds is 5. The summed E-state index contributed by atoms with van der Waals surface area (Å²) in [6, 6.07) is 7.98. The molecule has 0 radical (unpaired) electrons. The number of halogens is 2. The van der Waals surface area contributed by atoms with Crippen LogP contribution >= 0.6 is 28.3 Å². The maximum Gasteiger partial charge on any atom is 0.220 e. The largest absolute Gasteiger partial charge is 0.391 e. The predicted octanol–water partition coefficient (Wildman–Crippen LogP) is 1.50. The quantitative estimate of drug-likeness (QED) is 0.743. The minimum absolute atomic E-state index is 0. The fourth-order valence-electron chi connectivity index (χ4n) is 2.21. The van der Waals surface area contributed by atoms with E-state index >= 15 is 0 Å². The number of nitrogens with one attached hydrogen (secondary N) is 2. The van der Waals surface area contributed by atoms with E-state index in [9.17, 15) is 9.90 Å². The van der Waals surface area contributed by atoms with Crippen LogP contribution in [0.25, 0.3) is 0 Å². The zero-order valence-corrected chi connectivity index (χ0v) is 13.5. The number of hydrogen-bond acceptors (Lipinski definition) is 3. The summed E-state index contributed by atoms with van der Waals surface area (Å²) >= 11 is 3.42. The van der Waals surface area contributed by atoms with Crippen LogP contribution in [-0.4, -0.2) is 36.8 Å². The second kappa shape index (κ2) is 8.62. The SMILES string of the molecule is Cl.O=C(CCc1cccc(Br)c1)NCC1CNCC1O. The predicted molar refractivity (Wildman–Crippen MR) is 85.1 cm³/mol. The molecule has 1 amide bonds. The van der Waals surface area contributed by atoms with E-state index in [0.29, 0.717) is 19.5 Å². The molecule has 20 heavy (non-hydrogen) atoms. The first kappa shape index (κ1) is 17.4. The Labute approximate surface area is 133 Å². The minimum Gasteiger partial charge on any atom is -0.391 e. The van der Waals surface area contributed by atoms with Crippen molar-refractivity contribution < 1.29 is 9.90 Å². The normalized spacial score (nSPS) is 21.3. The molecule has 2 unspecified atom stereocenters. The van der Waals surface area contributed by atoms with Crippen LogP contribution < -0.4 is 10.6 Å². The van der Waals surface area contributed by atoms with Gasteiger partial charge in [0.1, 0.15) is 0 Å². The van der Waals surface area contributed by atoms with Crippen molar-refractivity contribution in [1.82, 2.24) is 10.6 Å². The van der Waals surface area contributed by atoms with E-state index in [1.165, 1.54) is 0 Å². The number of aliphatic hydroxyl groups is 1. The topological polar surface area (TPSA) is 61.4 Å². The van der Waals surface area contributed by atoms with E-state index in [1.54, 1.807) is 0 Å². The monoisotopic (exact) mass is 362 g/mol. The molecular formula is C14H20BrClN2O2. The van der Waals surface area contributed by atoms with Crippen molar-refractivity contribution >= 4 is 34.2 Å². The van der Waals surface area contributed by atoms with Crippen molar-refractivity contribution in [3.05, 3.63) is 34.3 Å². The molecule has 0 aromatic heterocycles. The summed E-state index contributed by atoms with van der Waals surface area (Å²) in [5.74, 6) is 0.175. The molecule has 0 bridgehead atoms. The van der Waals surface area contributed by atoms with Crippen LogP contribution in [-0.2, 0) is 11.2 Å². The highest BCUT2D eigenvalue weighted by molar-refractivity contribution is 9.10. The number of benzene rings is 1. The molecule has 0 saturated carbocycles. The highest BCUT2D eigenvalue weighted by Crippen LogP contribution is 2.13. The summed E-state index contributed by atoms with van der Waals surface area (Å²) in [5, 5.41) is 15.6. The molecule has 2 atom stereocenters. The molecule has 1 aliphatic rings. The minimum atomic E-state index is -0.342. The first-order valence-corrected chi connectivity index (χ1v) is 7.34. The van der Waals surface area contributed by atoms with Crippen molar-refractivity contribution in [2.24, 2.45) is 5.92 Å². The molecule has 2 rings (SSSR count). The molecule has 1 heterocycles. The second-order valence-electron chi connectivity index (χ2n) is 4.92. The molecule has 1 aliphatic heterocycles. The second-order valence-corrected chi connectivity index (χ2v) is 5.84. The summed E-state index contributed by atoms with van der Waals surface area (Å²) in [6.07, 6.45) is 0.870. The number of carbonyl (C=O) groups is 1. The smallest absolute Gasteiger partial charge is 0.220 e. The molecular weight excluding hydrogens is 344 g/mol. The van der Waals surface area contributed by atoms with Crippen LogP contribution in [0.15, 0.2) is 28.7 Å². The summed E-state index contributed by atoms with van der Waals surface area (Å²) in [7, 11) is 0.